The minimum absolute atomic E-state index is 0.0487. The molecule has 4 nitrogen and oxygen atoms in total. The summed E-state index contributed by atoms with van der Waals surface area (Å²) in [6, 6.07) is 1.50. The van der Waals surface area contributed by atoms with Crippen molar-refractivity contribution in [2.24, 2.45) is 5.73 Å². The third kappa shape index (κ3) is 3.71. The molecule has 0 fully saturated rings. The summed E-state index contributed by atoms with van der Waals surface area (Å²) in [6.07, 6.45) is -2.88. The highest BCUT2D eigenvalue weighted by atomic mass is 79.9. The summed E-state index contributed by atoms with van der Waals surface area (Å²) >= 11 is 3.15. The Kier molecular flexibility index (Phi) is 5.61. The van der Waals surface area contributed by atoms with Crippen LogP contribution in [0.5, 0.6) is 0 Å². The van der Waals surface area contributed by atoms with Gasteiger partial charge in [0.25, 0.3) is 6.43 Å². The fraction of sp³-hybridized carbons (Fsp3) is 0.455. The van der Waals surface area contributed by atoms with Crippen LogP contribution in [-0.2, 0) is 22.5 Å². The van der Waals surface area contributed by atoms with Crippen molar-refractivity contribution in [3.63, 3.8) is 0 Å². The van der Waals surface area contributed by atoms with Gasteiger partial charge in [-0.1, -0.05) is 15.9 Å². The smallest absolute Gasteiger partial charge is 0.311 e. The van der Waals surface area contributed by atoms with Gasteiger partial charge < -0.3 is 10.5 Å². The lowest BCUT2D eigenvalue weighted by Crippen LogP contribution is -2.12. The van der Waals surface area contributed by atoms with E-state index in [2.05, 4.69) is 20.9 Å². The third-order valence-corrected chi connectivity index (χ3v) is 2.90. The molecule has 0 unspecified atom stereocenters. The van der Waals surface area contributed by atoms with Gasteiger partial charge in [0.15, 0.2) is 0 Å². The first-order valence-corrected chi connectivity index (χ1v) is 6.10. The minimum Gasteiger partial charge on any atom is -0.466 e. The van der Waals surface area contributed by atoms with Crippen molar-refractivity contribution < 1.29 is 18.3 Å². The van der Waals surface area contributed by atoms with Crippen molar-refractivity contribution in [3.05, 3.63) is 27.5 Å². The number of pyridine rings is 1. The zero-order chi connectivity index (χ0) is 13.7. The fourth-order valence-corrected chi connectivity index (χ4v) is 2.07. The highest BCUT2D eigenvalue weighted by Gasteiger charge is 2.19. The Balaban J connectivity index is 3.05. The number of aromatic nitrogens is 1. The molecule has 1 rings (SSSR count). The summed E-state index contributed by atoms with van der Waals surface area (Å²) < 4.78 is 30.8. The van der Waals surface area contributed by atoms with Crippen LogP contribution >= 0.6 is 15.9 Å². The lowest BCUT2D eigenvalue weighted by molar-refractivity contribution is -0.142. The molecule has 0 aliphatic rings. The monoisotopic (exact) mass is 322 g/mol. The summed E-state index contributed by atoms with van der Waals surface area (Å²) in [5.74, 6) is -0.502. The fourth-order valence-electron chi connectivity index (χ4n) is 1.44. The Morgan fingerprint density at radius 2 is 2.28 bits per heavy atom. The summed E-state index contributed by atoms with van der Waals surface area (Å²) in [5, 5.41) is 0. The Morgan fingerprint density at radius 1 is 1.61 bits per heavy atom. The maximum Gasteiger partial charge on any atom is 0.311 e. The number of alkyl halides is 2. The predicted octanol–water partition coefficient (Wildman–Crippen LogP) is 2.35. The summed E-state index contributed by atoms with van der Waals surface area (Å²) in [6.45, 7) is 1.86. The SMILES string of the molecule is CCOC(=O)Cc1cc(Br)c(CN)c(C(F)F)n1. The maximum absolute atomic E-state index is 12.8. The van der Waals surface area contributed by atoms with Gasteiger partial charge in [-0.25, -0.2) is 8.78 Å². The summed E-state index contributed by atoms with van der Waals surface area (Å²) in [7, 11) is 0. The second kappa shape index (κ2) is 6.75. The van der Waals surface area contributed by atoms with Gasteiger partial charge in [0.05, 0.1) is 18.7 Å². The molecule has 0 aromatic carbocycles. The Labute approximate surface area is 112 Å². The van der Waals surface area contributed by atoms with E-state index in [0.717, 1.165) is 0 Å². The molecule has 0 aliphatic heterocycles. The van der Waals surface area contributed by atoms with Crippen LogP contribution in [0.15, 0.2) is 10.5 Å². The Hall–Kier alpha value is -1.08. The molecule has 100 valence electrons. The van der Waals surface area contributed by atoms with Crippen LogP contribution in [0.2, 0.25) is 0 Å². The van der Waals surface area contributed by atoms with E-state index < -0.39 is 18.1 Å². The first-order valence-electron chi connectivity index (χ1n) is 5.31. The zero-order valence-corrected chi connectivity index (χ0v) is 11.3. The van der Waals surface area contributed by atoms with Gasteiger partial charge in [0.2, 0.25) is 0 Å². The molecule has 1 aromatic heterocycles. The number of carbonyl (C=O) groups is 1. The number of nitrogens with zero attached hydrogens (tertiary/aromatic N) is 1. The van der Waals surface area contributed by atoms with E-state index in [0.29, 0.717) is 4.47 Å². The molecule has 18 heavy (non-hydrogen) atoms. The van der Waals surface area contributed by atoms with Gasteiger partial charge >= 0.3 is 5.97 Å². The molecule has 2 N–H and O–H groups in total. The van der Waals surface area contributed by atoms with Crippen LogP contribution < -0.4 is 5.73 Å². The molecule has 0 amide bonds. The number of nitrogens with two attached hydrogens (primary N) is 1. The lowest BCUT2D eigenvalue weighted by atomic mass is 10.1. The van der Waals surface area contributed by atoms with Crippen LogP contribution in [0.4, 0.5) is 8.78 Å². The molecule has 0 atom stereocenters. The van der Waals surface area contributed by atoms with E-state index in [1.54, 1.807) is 6.92 Å². The highest BCUT2D eigenvalue weighted by Crippen LogP contribution is 2.27. The van der Waals surface area contributed by atoms with Crippen molar-refractivity contribution in [1.82, 2.24) is 4.98 Å². The van der Waals surface area contributed by atoms with Crippen molar-refractivity contribution in [2.75, 3.05) is 6.61 Å². The van der Waals surface area contributed by atoms with Gasteiger partial charge in [-0.05, 0) is 13.0 Å². The number of halogens is 3. The van der Waals surface area contributed by atoms with Crippen LogP contribution in [0.1, 0.15) is 30.3 Å². The number of esters is 1. The van der Waals surface area contributed by atoms with Crippen molar-refractivity contribution >= 4 is 21.9 Å². The predicted molar refractivity (Wildman–Crippen MR) is 65.1 cm³/mol. The summed E-state index contributed by atoms with van der Waals surface area (Å²) in [4.78, 5) is 15.0. The van der Waals surface area contributed by atoms with Gasteiger partial charge in [-0.2, -0.15) is 0 Å². The van der Waals surface area contributed by atoms with E-state index >= 15 is 0 Å². The van der Waals surface area contributed by atoms with E-state index in [4.69, 9.17) is 10.5 Å². The highest BCUT2D eigenvalue weighted by molar-refractivity contribution is 9.10. The number of ether oxygens (including phenoxy) is 1. The van der Waals surface area contributed by atoms with Crippen LogP contribution in [0, 0.1) is 0 Å². The second-order valence-corrected chi connectivity index (χ2v) is 4.30. The standard InChI is InChI=1S/C11H13BrF2N2O2/c1-2-18-9(17)4-6-3-8(12)7(5-15)10(16-6)11(13)14/h3,11H,2,4-5,15H2,1H3. The molecule has 0 bridgehead atoms. The average molecular weight is 323 g/mol. The van der Waals surface area contributed by atoms with Gasteiger partial charge in [0.1, 0.15) is 5.69 Å². The number of rotatable bonds is 5. The lowest BCUT2D eigenvalue weighted by Gasteiger charge is -2.11. The first-order chi connectivity index (χ1) is 8.49. The van der Waals surface area contributed by atoms with Gasteiger partial charge in [-0.15, -0.1) is 0 Å². The van der Waals surface area contributed by atoms with Crippen LogP contribution in [0.25, 0.3) is 0 Å². The van der Waals surface area contributed by atoms with E-state index in [1.165, 1.54) is 6.07 Å². The third-order valence-electron chi connectivity index (χ3n) is 2.20. The number of carbonyl (C=O) groups excluding carboxylic acids is 1. The quantitative estimate of drug-likeness (QED) is 0.845. The largest absolute Gasteiger partial charge is 0.466 e. The molecule has 7 heteroatoms. The molecular formula is C11H13BrF2N2O2. The van der Waals surface area contributed by atoms with E-state index in [9.17, 15) is 13.6 Å². The molecular weight excluding hydrogens is 310 g/mol. The molecule has 0 aliphatic carbocycles. The zero-order valence-electron chi connectivity index (χ0n) is 9.75. The van der Waals surface area contributed by atoms with E-state index in [-0.39, 0.29) is 30.8 Å². The maximum atomic E-state index is 12.8. The normalized spacial score (nSPS) is 10.8. The molecule has 0 spiro atoms. The molecule has 0 saturated heterocycles. The van der Waals surface area contributed by atoms with Crippen molar-refractivity contribution in [2.45, 2.75) is 26.3 Å². The van der Waals surface area contributed by atoms with Crippen molar-refractivity contribution in [1.29, 1.82) is 0 Å². The first kappa shape index (κ1) is 15.0. The van der Waals surface area contributed by atoms with Gasteiger partial charge in [-0.3, -0.25) is 9.78 Å². The van der Waals surface area contributed by atoms with Crippen LogP contribution in [-0.4, -0.2) is 17.6 Å². The van der Waals surface area contributed by atoms with E-state index in [1.807, 2.05) is 0 Å². The number of hydrogen-bond donors (Lipinski definition) is 1. The minimum atomic E-state index is -2.73. The molecule has 0 radical (unpaired) electrons. The molecule has 0 saturated carbocycles. The van der Waals surface area contributed by atoms with Crippen molar-refractivity contribution in [3.8, 4) is 0 Å². The Morgan fingerprint density at radius 3 is 2.78 bits per heavy atom. The topological polar surface area (TPSA) is 65.2 Å². The van der Waals surface area contributed by atoms with Crippen LogP contribution in [0.3, 0.4) is 0 Å². The molecule has 1 heterocycles. The second-order valence-electron chi connectivity index (χ2n) is 3.45. The average Bonchev–Trinajstić information content (AvgIpc) is 2.28. The molecule has 1 aromatic rings. The summed E-state index contributed by atoms with van der Waals surface area (Å²) in [5.41, 5.74) is 5.47. The Bertz CT molecular complexity index is 441. The number of hydrogen-bond acceptors (Lipinski definition) is 4. The van der Waals surface area contributed by atoms with Gasteiger partial charge in [0, 0.05) is 16.6 Å².